The van der Waals surface area contributed by atoms with Crippen molar-refractivity contribution in [1.82, 2.24) is 9.13 Å². The van der Waals surface area contributed by atoms with Gasteiger partial charge in [-0.1, -0.05) is 206 Å². The molecule has 0 atom stereocenters. The van der Waals surface area contributed by atoms with Crippen LogP contribution in [-0.2, 0) is 0 Å². The number of benzene rings is 10. The van der Waals surface area contributed by atoms with E-state index in [0.717, 1.165) is 11.4 Å². The highest BCUT2D eigenvalue weighted by atomic mass is 28.3. The Kier molecular flexibility index (Phi) is 8.87. The molecule has 12 aromatic rings. The molecule has 0 fully saturated rings. The lowest BCUT2D eigenvalue weighted by Crippen LogP contribution is -2.74. The van der Waals surface area contributed by atoms with Crippen LogP contribution < -0.4 is 20.7 Å². The Bertz CT molecular complexity index is 3490. The molecule has 0 bridgehead atoms. The van der Waals surface area contributed by atoms with Gasteiger partial charge in [0, 0.05) is 32.9 Å². The number of aromatic nitrogens is 2. The highest BCUT2D eigenvalue weighted by molar-refractivity contribution is 7.19. The van der Waals surface area contributed by atoms with Crippen molar-refractivity contribution >= 4 is 72.4 Å². The Morgan fingerprint density at radius 2 is 0.587 bits per heavy atom. The molecule has 0 amide bonds. The smallest absolute Gasteiger partial charge is 0.179 e. The van der Waals surface area contributed by atoms with Crippen LogP contribution in [-0.4, -0.2) is 17.2 Å². The summed E-state index contributed by atoms with van der Waals surface area (Å²) >= 11 is 0. The van der Waals surface area contributed by atoms with Crippen LogP contribution >= 0.6 is 0 Å². The first kappa shape index (κ1) is 36.8. The van der Waals surface area contributed by atoms with Crippen LogP contribution in [0.1, 0.15) is 0 Å². The third kappa shape index (κ3) is 6.00. The molecule has 0 aliphatic rings. The second kappa shape index (κ2) is 15.2. The van der Waals surface area contributed by atoms with Gasteiger partial charge in [0.15, 0.2) is 8.07 Å². The molecule has 0 saturated carbocycles. The van der Waals surface area contributed by atoms with E-state index in [1.807, 2.05) is 0 Å². The average molecular weight is 819 g/mol. The second-order valence-corrected chi connectivity index (χ2v) is 20.3. The molecule has 0 N–H and O–H groups in total. The summed E-state index contributed by atoms with van der Waals surface area (Å²) in [6, 6.07) is 94.2. The highest BCUT2D eigenvalue weighted by Gasteiger charge is 2.41. The topological polar surface area (TPSA) is 9.86 Å². The van der Waals surface area contributed by atoms with E-state index in [1.165, 1.54) is 86.6 Å². The lowest BCUT2D eigenvalue weighted by Gasteiger charge is -2.34. The van der Waals surface area contributed by atoms with Crippen molar-refractivity contribution in [3.8, 4) is 33.6 Å². The molecule has 0 radical (unpaired) electrons. The first-order chi connectivity index (χ1) is 31.3. The number of hydrogen-bond donors (Lipinski definition) is 0. The van der Waals surface area contributed by atoms with Crippen LogP contribution in [0.4, 0.5) is 0 Å². The van der Waals surface area contributed by atoms with E-state index in [-0.39, 0.29) is 0 Å². The van der Waals surface area contributed by atoms with E-state index in [1.54, 1.807) is 0 Å². The van der Waals surface area contributed by atoms with Crippen molar-refractivity contribution in [2.75, 3.05) is 0 Å². The molecular weight excluding hydrogens is 777 g/mol. The predicted octanol–water partition coefficient (Wildman–Crippen LogP) is 12.6. The number of para-hydroxylation sites is 2. The van der Waals surface area contributed by atoms with Gasteiger partial charge < -0.3 is 9.13 Å². The van der Waals surface area contributed by atoms with Gasteiger partial charge in [0.05, 0.1) is 22.1 Å². The van der Waals surface area contributed by atoms with Gasteiger partial charge in [-0.2, -0.15) is 0 Å². The van der Waals surface area contributed by atoms with Gasteiger partial charge in [-0.15, -0.1) is 0 Å². The molecule has 296 valence electrons. The fourth-order valence-corrected chi connectivity index (χ4v) is 15.0. The van der Waals surface area contributed by atoms with E-state index < -0.39 is 8.07 Å². The molecule has 0 aliphatic carbocycles. The molecule has 2 heterocycles. The maximum Gasteiger partial charge on any atom is 0.179 e. The van der Waals surface area contributed by atoms with Crippen LogP contribution in [0, 0.1) is 0 Å². The lowest BCUT2D eigenvalue weighted by molar-refractivity contribution is 1.18. The van der Waals surface area contributed by atoms with Crippen LogP contribution in [0.15, 0.2) is 255 Å². The van der Waals surface area contributed by atoms with Gasteiger partial charge in [0.1, 0.15) is 0 Å². The number of hydrogen-bond acceptors (Lipinski definition) is 0. The Hall–Kier alpha value is -7.98. The first-order valence-corrected chi connectivity index (χ1v) is 23.8. The summed E-state index contributed by atoms with van der Waals surface area (Å²) in [5, 5.41) is 10.4. The fourth-order valence-electron chi connectivity index (χ4n) is 10.2. The van der Waals surface area contributed by atoms with Gasteiger partial charge in [0.25, 0.3) is 0 Å². The van der Waals surface area contributed by atoms with E-state index >= 15 is 0 Å². The van der Waals surface area contributed by atoms with Crippen LogP contribution in [0.25, 0.3) is 77.2 Å². The molecule has 12 rings (SSSR count). The summed E-state index contributed by atoms with van der Waals surface area (Å²) in [6.07, 6.45) is 0. The van der Waals surface area contributed by atoms with Crippen LogP contribution in [0.5, 0.6) is 0 Å². The molecule has 0 unspecified atom stereocenters. The normalized spacial score (nSPS) is 11.8. The molecule has 10 aromatic carbocycles. The zero-order valence-electron chi connectivity index (χ0n) is 34.6. The maximum atomic E-state index is 2.50. The minimum Gasteiger partial charge on any atom is -0.309 e. The summed E-state index contributed by atoms with van der Waals surface area (Å²) in [5.74, 6) is 0. The fraction of sp³-hybridized carbons (Fsp3) is 0. The van der Waals surface area contributed by atoms with Crippen molar-refractivity contribution < 1.29 is 0 Å². The molecule has 63 heavy (non-hydrogen) atoms. The standard InChI is InChI=1S/C60H42N2Si/c1-5-19-43(20-6-1)44-35-37-45(38-36-44)46-21-17-22-47(39-46)61-57-33-15-13-31-53(57)55-42-60-56(41-59(55)61)54-32-14-16-34-58(54)62(60)48-23-18-30-52(40-48)63(49-24-7-2-8-25-49,50-26-9-3-10-27-50)51-28-11-4-12-29-51/h1-42H. The average Bonchev–Trinajstić information content (AvgIpc) is 3.87. The number of nitrogens with zero attached hydrogens (tertiary/aromatic N) is 2. The van der Waals surface area contributed by atoms with E-state index in [2.05, 4.69) is 264 Å². The Morgan fingerprint density at radius 1 is 0.222 bits per heavy atom. The molecule has 3 heteroatoms. The van der Waals surface area contributed by atoms with Crippen molar-refractivity contribution in [1.29, 1.82) is 0 Å². The molecular formula is C60H42N2Si. The van der Waals surface area contributed by atoms with E-state index in [0.29, 0.717) is 0 Å². The second-order valence-electron chi connectivity index (χ2n) is 16.5. The highest BCUT2D eigenvalue weighted by Crippen LogP contribution is 2.40. The third-order valence-electron chi connectivity index (χ3n) is 13.1. The van der Waals surface area contributed by atoms with Crippen molar-refractivity contribution in [2.24, 2.45) is 0 Å². The first-order valence-electron chi connectivity index (χ1n) is 21.8. The van der Waals surface area contributed by atoms with E-state index in [4.69, 9.17) is 0 Å². The van der Waals surface area contributed by atoms with Crippen LogP contribution in [0.3, 0.4) is 0 Å². The molecule has 0 aliphatic heterocycles. The Labute approximate surface area is 368 Å². The monoisotopic (exact) mass is 818 g/mol. The van der Waals surface area contributed by atoms with Crippen LogP contribution in [0.2, 0.25) is 0 Å². The minimum absolute atomic E-state index is 1.14. The van der Waals surface area contributed by atoms with Gasteiger partial charge >= 0.3 is 0 Å². The zero-order valence-corrected chi connectivity index (χ0v) is 35.6. The SMILES string of the molecule is c1ccc(-c2ccc(-c3cccc(-n4c5ccccc5c5cc6c(cc54)c4ccccc4n6-c4cccc([Si](c5ccccc5)(c5ccccc5)c5ccccc5)c4)c3)cc2)cc1. The quantitative estimate of drug-likeness (QED) is 0.107. The number of rotatable bonds is 8. The molecule has 2 aromatic heterocycles. The van der Waals surface area contributed by atoms with Gasteiger partial charge in [-0.3, -0.25) is 0 Å². The Balaban J connectivity index is 1.06. The van der Waals surface area contributed by atoms with Crippen molar-refractivity contribution in [2.45, 2.75) is 0 Å². The molecule has 2 nitrogen and oxygen atoms in total. The number of fused-ring (bicyclic) bond motifs is 6. The predicted molar refractivity (Wildman–Crippen MR) is 270 cm³/mol. The van der Waals surface area contributed by atoms with Gasteiger partial charge in [-0.25, -0.2) is 0 Å². The molecule has 0 spiro atoms. The maximum absolute atomic E-state index is 2.76. The third-order valence-corrected chi connectivity index (χ3v) is 17.8. The zero-order chi connectivity index (χ0) is 41.7. The summed E-state index contributed by atoms with van der Waals surface area (Å²) in [6.45, 7) is 0. The minimum atomic E-state index is -2.76. The lowest BCUT2D eigenvalue weighted by atomic mass is 10.00. The van der Waals surface area contributed by atoms with E-state index in [9.17, 15) is 0 Å². The van der Waals surface area contributed by atoms with Crippen molar-refractivity contribution in [3.63, 3.8) is 0 Å². The molecule has 0 saturated heterocycles. The van der Waals surface area contributed by atoms with Crippen molar-refractivity contribution in [3.05, 3.63) is 255 Å². The summed E-state index contributed by atoms with van der Waals surface area (Å²) < 4.78 is 4.96. The summed E-state index contributed by atoms with van der Waals surface area (Å²) in [5.41, 5.74) is 11.9. The van der Waals surface area contributed by atoms with Gasteiger partial charge in [-0.05, 0) is 91.5 Å². The summed E-state index contributed by atoms with van der Waals surface area (Å²) in [4.78, 5) is 0. The largest absolute Gasteiger partial charge is 0.309 e. The van der Waals surface area contributed by atoms with Gasteiger partial charge in [0.2, 0.25) is 0 Å². The summed E-state index contributed by atoms with van der Waals surface area (Å²) in [7, 11) is -2.76. The Morgan fingerprint density at radius 3 is 1.10 bits per heavy atom.